The van der Waals surface area contributed by atoms with Gasteiger partial charge in [-0.15, -0.1) is 0 Å². The van der Waals surface area contributed by atoms with Gasteiger partial charge in [-0.1, -0.05) is 13.0 Å². The number of likely N-dealkylation sites (tertiary alicyclic amines) is 1. The number of aryl methyl sites for hydroxylation is 1. The van der Waals surface area contributed by atoms with Gasteiger partial charge < -0.3 is 14.6 Å². The normalized spacial score (nSPS) is 19.4. The van der Waals surface area contributed by atoms with E-state index in [0.29, 0.717) is 11.6 Å². The molecule has 0 radical (unpaired) electrons. The molecule has 5 nitrogen and oxygen atoms in total. The zero-order valence-corrected chi connectivity index (χ0v) is 12.5. The fourth-order valence-electron chi connectivity index (χ4n) is 3.29. The van der Waals surface area contributed by atoms with Crippen LogP contribution >= 0.6 is 0 Å². The van der Waals surface area contributed by atoms with E-state index in [0.717, 1.165) is 42.8 Å². The Morgan fingerprint density at radius 2 is 2.29 bits per heavy atom. The molecule has 0 aliphatic carbocycles. The molecule has 1 aromatic heterocycles. The maximum atomic E-state index is 11.5. The third kappa shape index (κ3) is 2.42. The maximum Gasteiger partial charge on any atom is 0.337 e. The molecule has 1 unspecified atom stereocenters. The summed E-state index contributed by atoms with van der Waals surface area (Å²) in [5.41, 5.74) is 1.90. The molecule has 1 N–H and O–H groups in total. The first-order chi connectivity index (χ1) is 10.1. The predicted octanol–water partition coefficient (Wildman–Crippen LogP) is 2.39. The van der Waals surface area contributed by atoms with E-state index in [1.54, 1.807) is 12.1 Å². The molecule has 2 heterocycles. The van der Waals surface area contributed by atoms with Crippen LogP contribution in [0.15, 0.2) is 18.2 Å². The van der Waals surface area contributed by atoms with E-state index in [9.17, 15) is 9.90 Å². The van der Waals surface area contributed by atoms with Gasteiger partial charge in [0.25, 0.3) is 0 Å². The van der Waals surface area contributed by atoms with Gasteiger partial charge in [-0.3, -0.25) is 0 Å². The summed E-state index contributed by atoms with van der Waals surface area (Å²) in [5, 5.41) is 9.45. The molecular weight excluding hydrogens is 266 g/mol. The van der Waals surface area contributed by atoms with Gasteiger partial charge >= 0.3 is 5.97 Å². The van der Waals surface area contributed by atoms with Crippen LogP contribution in [0.1, 0.15) is 35.9 Å². The van der Waals surface area contributed by atoms with Crippen molar-refractivity contribution >= 4 is 17.0 Å². The van der Waals surface area contributed by atoms with Crippen LogP contribution in [0.5, 0.6) is 0 Å². The van der Waals surface area contributed by atoms with E-state index in [2.05, 4.69) is 28.4 Å². The molecule has 21 heavy (non-hydrogen) atoms. The Kier molecular flexibility index (Phi) is 3.68. The van der Waals surface area contributed by atoms with Crippen LogP contribution < -0.4 is 0 Å². The van der Waals surface area contributed by atoms with E-state index in [-0.39, 0.29) is 0 Å². The average Bonchev–Trinajstić information content (AvgIpc) is 3.03. The fraction of sp³-hybridized carbons (Fsp3) is 0.500. The lowest BCUT2D eigenvalue weighted by molar-refractivity contribution is 0.0698. The quantitative estimate of drug-likeness (QED) is 0.938. The zero-order valence-electron chi connectivity index (χ0n) is 12.5. The third-order valence-corrected chi connectivity index (χ3v) is 4.46. The number of hydrogen-bond acceptors (Lipinski definition) is 3. The first-order valence-electron chi connectivity index (χ1n) is 7.53. The smallest absolute Gasteiger partial charge is 0.337 e. The minimum absolute atomic E-state index is 0.348. The summed E-state index contributed by atoms with van der Waals surface area (Å²) in [6.07, 6.45) is 3.18. The number of nitrogens with zero attached hydrogens (tertiary/aromatic N) is 3. The van der Waals surface area contributed by atoms with Crippen molar-refractivity contribution in [3.63, 3.8) is 0 Å². The monoisotopic (exact) mass is 287 g/mol. The number of para-hydroxylation sites is 1. The molecule has 1 fully saturated rings. The molecule has 3 rings (SSSR count). The molecule has 1 atom stereocenters. The van der Waals surface area contributed by atoms with Gasteiger partial charge in [-0.05, 0) is 38.6 Å². The van der Waals surface area contributed by atoms with Crippen molar-refractivity contribution in [3.05, 3.63) is 29.6 Å². The van der Waals surface area contributed by atoms with Crippen LogP contribution in [0.4, 0.5) is 0 Å². The summed E-state index contributed by atoms with van der Waals surface area (Å²) in [6, 6.07) is 5.80. The van der Waals surface area contributed by atoms with Crippen molar-refractivity contribution in [2.24, 2.45) is 0 Å². The highest BCUT2D eigenvalue weighted by molar-refractivity contribution is 6.01. The van der Waals surface area contributed by atoms with Gasteiger partial charge in [-0.25, -0.2) is 9.78 Å². The number of aromatic carboxylic acids is 1. The number of benzene rings is 1. The first kappa shape index (κ1) is 14.1. The molecule has 112 valence electrons. The zero-order chi connectivity index (χ0) is 15.0. The highest BCUT2D eigenvalue weighted by atomic mass is 16.4. The highest BCUT2D eigenvalue weighted by Gasteiger charge is 2.24. The molecule has 5 heteroatoms. The molecular formula is C16H21N3O2. The molecule has 0 saturated carbocycles. The predicted molar refractivity (Wildman–Crippen MR) is 81.7 cm³/mol. The molecule has 1 aliphatic heterocycles. The summed E-state index contributed by atoms with van der Waals surface area (Å²) >= 11 is 0. The minimum Gasteiger partial charge on any atom is -0.478 e. The third-order valence-electron chi connectivity index (χ3n) is 4.46. The van der Waals surface area contributed by atoms with Gasteiger partial charge in [0.05, 0.1) is 16.6 Å². The van der Waals surface area contributed by atoms with Gasteiger partial charge in [0.2, 0.25) is 0 Å². The number of rotatable bonds is 4. The Bertz CT molecular complexity index is 677. The summed E-state index contributed by atoms with van der Waals surface area (Å²) in [7, 11) is 2.14. The molecule has 0 amide bonds. The second-order valence-corrected chi connectivity index (χ2v) is 5.75. The number of aromatic nitrogens is 2. The molecule has 0 bridgehead atoms. The Morgan fingerprint density at radius 3 is 2.90 bits per heavy atom. The number of likely N-dealkylation sites (N-methyl/N-ethyl adjacent to an activating group) is 1. The number of fused-ring (bicyclic) bond motifs is 1. The second-order valence-electron chi connectivity index (χ2n) is 5.75. The average molecular weight is 287 g/mol. The topological polar surface area (TPSA) is 58.4 Å². The van der Waals surface area contributed by atoms with Crippen molar-refractivity contribution in [3.8, 4) is 0 Å². The number of imidazole rings is 1. The standard InChI is InChI=1S/C16H21N3O2/c1-3-14-17-13-8-4-7-12(16(20)21)15(13)19(14)10-11-6-5-9-18(11)2/h4,7-8,11H,3,5-6,9-10H2,1-2H3,(H,20,21). The van der Waals surface area contributed by atoms with Crippen molar-refractivity contribution in [1.82, 2.24) is 14.5 Å². The van der Waals surface area contributed by atoms with Crippen molar-refractivity contribution in [2.45, 2.75) is 38.8 Å². The van der Waals surface area contributed by atoms with Crippen LogP contribution in [0.3, 0.4) is 0 Å². The van der Waals surface area contributed by atoms with E-state index in [1.807, 2.05) is 6.07 Å². The number of hydrogen-bond donors (Lipinski definition) is 1. The fourth-order valence-corrected chi connectivity index (χ4v) is 3.29. The molecule has 1 saturated heterocycles. The Morgan fingerprint density at radius 1 is 1.48 bits per heavy atom. The summed E-state index contributed by atoms with van der Waals surface area (Å²) in [5.74, 6) is 0.0863. The van der Waals surface area contributed by atoms with Crippen molar-refractivity contribution in [2.75, 3.05) is 13.6 Å². The number of carbonyl (C=O) groups is 1. The Hall–Kier alpha value is -1.88. The largest absolute Gasteiger partial charge is 0.478 e. The Labute approximate surface area is 124 Å². The van der Waals surface area contributed by atoms with E-state index in [4.69, 9.17) is 0 Å². The van der Waals surface area contributed by atoms with Gasteiger partial charge in [0.1, 0.15) is 5.82 Å². The Balaban J connectivity index is 2.12. The van der Waals surface area contributed by atoms with Crippen LogP contribution in [0, 0.1) is 0 Å². The van der Waals surface area contributed by atoms with Gasteiger partial charge in [0, 0.05) is 19.0 Å². The van der Waals surface area contributed by atoms with Gasteiger partial charge in [0.15, 0.2) is 0 Å². The number of carboxylic acids is 1. The van der Waals surface area contributed by atoms with E-state index >= 15 is 0 Å². The number of carboxylic acid groups (broad SMARTS) is 1. The maximum absolute atomic E-state index is 11.5. The van der Waals surface area contributed by atoms with Crippen LogP contribution in [-0.4, -0.2) is 45.2 Å². The van der Waals surface area contributed by atoms with E-state index in [1.165, 1.54) is 6.42 Å². The molecule has 0 spiro atoms. The second kappa shape index (κ2) is 5.48. The minimum atomic E-state index is -0.885. The van der Waals surface area contributed by atoms with Gasteiger partial charge in [-0.2, -0.15) is 0 Å². The summed E-state index contributed by atoms with van der Waals surface area (Å²) in [6.45, 7) is 4.00. The summed E-state index contributed by atoms with van der Waals surface area (Å²) < 4.78 is 2.12. The SMILES string of the molecule is CCc1nc2cccc(C(=O)O)c2n1CC1CCCN1C. The van der Waals surface area contributed by atoms with Crippen LogP contribution in [0.2, 0.25) is 0 Å². The lowest BCUT2D eigenvalue weighted by Gasteiger charge is -2.21. The lowest BCUT2D eigenvalue weighted by atomic mass is 10.1. The molecule has 2 aromatic rings. The first-order valence-corrected chi connectivity index (χ1v) is 7.53. The lowest BCUT2D eigenvalue weighted by Crippen LogP contribution is -2.30. The van der Waals surface area contributed by atoms with Crippen molar-refractivity contribution in [1.29, 1.82) is 0 Å². The highest BCUT2D eigenvalue weighted by Crippen LogP contribution is 2.24. The molecule has 1 aliphatic rings. The van der Waals surface area contributed by atoms with Crippen LogP contribution in [-0.2, 0) is 13.0 Å². The molecule has 1 aromatic carbocycles. The summed E-state index contributed by atoms with van der Waals surface area (Å²) in [4.78, 5) is 18.5. The van der Waals surface area contributed by atoms with Crippen LogP contribution in [0.25, 0.3) is 11.0 Å². The van der Waals surface area contributed by atoms with E-state index < -0.39 is 5.97 Å². The van der Waals surface area contributed by atoms with Crippen molar-refractivity contribution < 1.29 is 9.90 Å².